The summed E-state index contributed by atoms with van der Waals surface area (Å²) in [5.74, 6) is 0.826. The summed E-state index contributed by atoms with van der Waals surface area (Å²) in [5, 5.41) is 6.73. The first kappa shape index (κ1) is 20.7. The molecule has 5 heteroatoms. The zero-order valence-corrected chi connectivity index (χ0v) is 16.8. The second-order valence-corrected chi connectivity index (χ2v) is 7.39. The second kappa shape index (κ2) is 11.9. The van der Waals surface area contributed by atoms with Crippen LogP contribution in [0, 0.1) is 0 Å². The Bertz CT molecular complexity index is 537. The van der Waals surface area contributed by atoms with Crippen LogP contribution in [0.4, 0.5) is 0 Å². The van der Waals surface area contributed by atoms with Crippen LogP contribution in [0.5, 0.6) is 0 Å². The molecule has 1 aromatic carbocycles. The first-order chi connectivity index (χ1) is 12.7. The highest BCUT2D eigenvalue weighted by Gasteiger charge is 2.12. The van der Waals surface area contributed by atoms with Gasteiger partial charge in [0.15, 0.2) is 5.96 Å². The van der Waals surface area contributed by atoms with E-state index >= 15 is 0 Å². The topological polar surface area (TPSA) is 48.9 Å². The third-order valence-electron chi connectivity index (χ3n) is 4.72. The molecule has 0 aliphatic heterocycles. The van der Waals surface area contributed by atoms with Gasteiger partial charge < -0.3 is 20.3 Å². The zero-order chi connectivity index (χ0) is 18.6. The number of hydrogen-bond donors (Lipinski definition) is 2. The lowest BCUT2D eigenvalue weighted by Crippen LogP contribution is -2.39. The van der Waals surface area contributed by atoms with Crippen LogP contribution in [-0.2, 0) is 17.8 Å². The molecule has 1 fully saturated rings. The summed E-state index contributed by atoms with van der Waals surface area (Å²) >= 11 is 0. The number of aliphatic imine (C=N–C) groups is 1. The van der Waals surface area contributed by atoms with E-state index in [2.05, 4.69) is 58.9 Å². The molecule has 0 amide bonds. The van der Waals surface area contributed by atoms with Gasteiger partial charge in [-0.3, -0.25) is 4.99 Å². The van der Waals surface area contributed by atoms with Gasteiger partial charge in [0, 0.05) is 26.7 Å². The van der Waals surface area contributed by atoms with Crippen LogP contribution in [0.3, 0.4) is 0 Å². The van der Waals surface area contributed by atoms with E-state index in [0.29, 0.717) is 6.10 Å². The maximum Gasteiger partial charge on any atom is 0.191 e. The molecule has 0 radical (unpaired) electrons. The van der Waals surface area contributed by atoms with Gasteiger partial charge in [0.25, 0.3) is 0 Å². The quantitative estimate of drug-likeness (QED) is 0.324. The number of ether oxygens (including phenoxy) is 1. The van der Waals surface area contributed by atoms with Gasteiger partial charge in [-0.05, 0) is 38.1 Å². The number of hydrogen-bond acceptors (Lipinski definition) is 3. The van der Waals surface area contributed by atoms with Crippen molar-refractivity contribution < 1.29 is 4.74 Å². The lowest BCUT2D eigenvalue weighted by molar-refractivity contribution is 0.0468. The molecular formula is C21H36N4O. The summed E-state index contributed by atoms with van der Waals surface area (Å²) in [4.78, 5) is 6.49. The van der Waals surface area contributed by atoms with Gasteiger partial charge in [0.05, 0.1) is 12.7 Å². The van der Waals surface area contributed by atoms with Crippen molar-refractivity contribution in [1.82, 2.24) is 15.5 Å². The lowest BCUT2D eigenvalue weighted by atomic mass is 10.1. The van der Waals surface area contributed by atoms with Crippen LogP contribution >= 0.6 is 0 Å². The SMILES string of the molecule is CN=C(NCCOC1CCCCCC1)NCc1cccc(CN(C)C)c1. The standard InChI is InChI=1S/C21H36N4O/c1-22-21(23-13-14-26-20-11-6-4-5-7-12-20)24-16-18-9-8-10-19(15-18)17-25(2)3/h8-10,15,20H,4-7,11-14,16-17H2,1-3H3,(H2,22,23,24). The van der Waals surface area contributed by atoms with Crippen LogP contribution in [0.1, 0.15) is 49.7 Å². The molecular weight excluding hydrogens is 324 g/mol. The van der Waals surface area contributed by atoms with E-state index in [1.54, 1.807) is 0 Å². The summed E-state index contributed by atoms with van der Waals surface area (Å²) in [7, 11) is 5.99. The highest BCUT2D eigenvalue weighted by Crippen LogP contribution is 2.19. The number of rotatable bonds is 8. The average Bonchev–Trinajstić information content (AvgIpc) is 2.90. The molecule has 2 rings (SSSR count). The maximum atomic E-state index is 6.02. The van der Waals surface area contributed by atoms with Crippen molar-refractivity contribution in [3.8, 4) is 0 Å². The second-order valence-electron chi connectivity index (χ2n) is 7.39. The Morgan fingerprint density at radius 1 is 1.12 bits per heavy atom. The summed E-state index contributed by atoms with van der Waals surface area (Å²) in [6, 6.07) is 8.68. The molecule has 5 nitrogen and oxygen atoms in total. The van der Waals surface area contributed by atoms with Crippen molar-refractivity contribution in [3.63, 3.8) is 0 Å². The molecule has 1 aliphatic rings. The summed E-state index contributed by atoms with van der Waals surface area (Å²) < 4.78 is 6.02. The van der Waals surface area contributed by atoms with Crippen molar-refractivity contribution in [2.45, 2.75) is 57.7 Å². The fourth-order valence-electron chi connectivity index (χ4n) is 3.41. The van der Waals surface area contributed by atoms with E-state index in [1.165, 1.54) is 49.7 Å². The summed E-state index contributed by atoms with van der Waals surface area (Å²) in [6.45, 7) is 3.25. The molecule has 146 valence electrons. The van der Waals surface area contributed by atoms with Crippen molar-refractivity contribution in [2.75, 3.05) is 34.3 Å². The minimum Gasteiger partial charge on any atom is -0.376 e. The molecule has 0 spiro atoms. The minimum atomic E-state index is 0.453. The van der Waals surface area contributed by atoms with E-state index in [4.69, 9.17) is 4.74 Å². The Kier molecular flexibility index (Phi) is 9.50. The molecule has 0 unspecified atom stereocenters. The fourth-order valence-corrected chi connectivity index (χ4v) is 3.41. The predicted molar refractivity (Wildman–Crippen MR) is 109 cm³/mol. The van der Waals surface area contributed by atoms with Gasteiger partial charge >= 0.3 is 0 Å². The third-order valence-corrected chi connectivity index (χ3v) is 4.72. The fraction of sp³-hybridized carbons (Fsp3) is 0.667. The van der Waals surface area contributed by atoms with Gasteiger partial charge in [-0.1, -0.05) is 49.9 Å². The van der Waals surface area contributed by atoms with E-state index < -0.39 is 0 Å². The van der Waals surface area contributed by atoms with Crippen LogP contribution < -0.4 is 10.6 Å². The van der Waals surface area contributed by atoms with E-state index in [1.807, 2.05) is 7.05 Å². The maximum absolute atomic E-state index is 6.02. The van der Waals surface area contributed by atoms with Gasteiger partial charge in [-0.2, -0.15) is 0 Å². The van der Waals surface area contributed by atoms with Gasteiger partial charge in [0.2, 0.25) is 0 Å². The van der Waals surface area contributed by atoms with E-state index in [0.717, 1.165) is 32.2 Å². The Morgan fingerprint density at radius 3 is 2.54 bits per heavy atom. The molecule has 1 aliphatic carbocycles. The smallest absolute Gasteiger partial charge is 0.191 e. The van der Waals surface area contributed by atoms with Crippen molar-refractivity contribution in [2.24, 2.45) is 4.99 Å². The largest absolute Gasteiger partial charge is 0.376 e. The molecule has 26 heavy (non-hydrogen) atoms. The van der Waals surface area contributed by atoms with Crippen LogP contribution in [0.2, 0.25) is 0 Å². The number of nitrogens with zero attached hydrogens (tertiary/aromatic N) is 2. The molecule has 2 N–H and O–H groups in total. The Morgan fingerprint density at radius 2 is 1.85 bits per heavy atom. The molecule has 0 aromatic heterocycles. The van der Waals surface area contributed by atoms with Crippen LogP contribution in [-0.4, -0.2) is 51.3 Å². The first-order valence-electron chi connectivity index (χ1n) is 9.96. The van der Waals surface area contributed by atoms with E-state index in [-0.39, 0.29) is 0 Å². The number of nitrogens with one attached hydrogen (secondary N) is 2. The summed E-state index contributed by atoms with van der Waals surface area (Å²) in [5.41, 5.74) is 2.59. The van der Waals surface area contributed by atoms with Gasteiger partial charge in [-0.15, -0.1) is 0 Å². The van der Waals surface area contributed by atoms with E-state index in [9.17, 15) is 0 Å². The minimum absolute atomic E-state index is 0.453. The molecule has 1 aromatic rings. The third kappa shape index (κ3) is 8.19. The van der Waals surface area contributed by atoms with Crippen molar-refractivity contribution >= 4 is 5.96 Å². The average molecular weight is 361 g/mol. The molecule has 1 saturated carbocycles. The Balaban J connectivity index is 1.67. The molecule has 0 heterocycles. The summed E-state index contributed by atoms with van der Waals surface area (Å²) in [6.07, 6.45) is 8.25. The number of guanidine groups is 1. The van der Waals surface area contributed by atoms with Crippen LogP contribution in [0.25, 0.3) is 0 Å². The molecule has 0 bridgehead atoms. The van der Waals surface area contributed by atoms with Crippen LogP contribution in [0.15, 0.2) is 29.3 Å². The number of benzene rings is 1. The normalized spacial score (nSPS) is 16.5. The first-order valence-corrected chi connectivity index (χ1v) is 9.96. The zero-order valence-electron chi connectivity index (χ0n) is 16.8. The monoisotopic (exact) mass is 360 g/mol. The Hall–Kier alpha value is -1.59. The van der Waals surface area contributed by atoms with Crippen molar-refractivity contribution in [3.05, 3.63) is 35.4 Å². The highest BCUT2D eigenvalue weighted by molar-refractivity contribution is 5.79. The highest BCUT2D eigenvalue weighted by atomic mass is 16.5. The molecule has 0 atom stereocenters. The lowest BCUT2D eigenvalue weighted by Gasteiger charge is -2.17. The predicted octanol–water partition coefficient (Wildman–Crippen LogP) is 3.15. The Labute approximate surface area is 159 Å². The van der Waals surface area contributed by atoms with Gasteiger partial charge in [-0.25, -0.2) is 0 Å². The van der Waals surface area contributed by atoms with Gasteiger partial charge in [0.1, 0.15) is 0 Å². The molecule has 0 saturated heterocycles. The van der Waals surface area contributed by atoms with Crippen molar-refractivity contribution in [1.29, 1.82) is 0 Å².